The summed E-state index contributed by atoms with van der Waals surface area (Å²) in [5, 5.41) is 10.6. The van der Waals surface area contributed by atoms with Gasteiger partial charge in [0.15, 0.2) is 8.32 Å². The zero-order valence-electron chi connectivity index (χ0n) is 16.6. The van der Waals surface area contributed by atoms with Crippen LogP contribution in [-0.2, 0) is 9.22 Å². The number of hydrogen-bond acceptors (Lipinski definition) is 3. The Kier molecular flexibility index (Phi) is 8.21. The molecule has 1 amide bonds. The minimum atomic E-state index is -1.76. The Morgan fingerprint density at radius 2 is 1.74 bits per heavy atom. The summed E-state index contributed by atoms with van der Waals surface area (Å²) in [6.45, 7) is 15.6. The molecule has 0 saturated heterocycles. The number of nitrogens with zero attached hydrogens (tertiary/aromatic N) is 1. The van der Waals surface area contributed by atoms with Crippen molar-refractivity contribution in [3.05, 3.63) is 12.2 Å². The van der Waals surface area contributed by atoms with Crippen LogP contribution in [0.1, 0.15) is 47.5 Å². The van der Waals surface area contributed by atoms with Gasteiger partial charge in [0.25, 0.3) is 0 Å². The Labute approximate surface area is 144 Å². The maximum absolute atomic E-state index is 11.6. The van der Waals surface area contributed by atoms with Crippen molar-refractivity contribution in [1.29, 1.82) is 0 Å². The van der Waals surface area contributed by atoms with Crippen molar-refractivity contribution >= 4 is 14.2 Å². The molecular weight excluding hydrogens is 306 g/mol. The summed E-state index contributed by atoms with van der Waals surface area (Å²) in [7, 11) is 1.73. The fourth-order valence-electron chi connectivity index (χ4n) is 1.77. The van der Waals surface area contributed by atoms with E-state index >= 15 is 0 Å². The summed E-state index contributed by atoms with van der Waals surface area (Å²) in [4.78, 5) is 13.1. The molecule has 136 valence electrons. The minimum Gasteiger partial charge on any atom is -0.417 e. The van der Waals surface area contributed by atoms with E-state index in [-0.39, 0.29) is 16.4 Å². The van der Waals surface area contributed by atoms with Crippen LogP contribution in [-0.4, -0.2) is 51.0 Å². The second-order valence-corrected chi connectivity index (χ2v) is 13.4. The SMILES string of the molecule is CN(C)C(=O)C/C=C/C(C)(C)[C@H](O)CCO[Si](C)(C)C(C)(C)C. The van der Waals surface area contributed by atoms with Crippen molar-refractivity contribution in [2.24, 2.45) is 5.41 Å². The van der Waals surface area contributed by atoms with Gasteiger partial charge in [-0.1, -0.05) is 46.8 Å². The molecule has 0 unspecified atom stereocenters. The molecule has 1 N–H and O–H groups in total. The summed E-state index contributed by atoms with van der Waals surface area (Å²) in [6, 6.07) is 0. The van der Waals surface area contributed by atoms with E-state index in [1.807, 2.05) is 26.0 Å². The standard InChI is InChI=1S/C18H37NO3Si/c1-17(2,3)23(8,9)22-14-12-15(20)18(4,5)13-10-11-16(21)19(6)7/h10,13,15,20H,11-12,14H2,1-9H3/b13-10+/t15-/m1/s1. The molecule has 4 nitrogen and oxygen atoms in total. The molecule has 0 aromatic carbocycles. The first-order chi connectivity index (χ1) is 10.2. The summed E-state index contributed by atoms with van der Waals surface area (Å²) in [5.74, 6) is 0.0628. The van der Waals surface area contributed by atoms with Gasteiger partial charge in [-0.2, -0.15) is 0 Å². The lowest BCUT2D eigenvalue weighted by Gasteiger charge is -2.37. The van der Waals surface area contributed by atoms with Crippen LogP contribution in [0.25, 0.3) is 0 Å². The van der Waals surface area contributed by atoms with Gasteiger partial charge in [-0.3, -0.25) is 4.79 Å². The number of hydrogen-bond donors (Lipinski definition) is 1. The zero-order chi connectivity index (χ0) is 18.5. The average Bonchev–Trinajstić information content (AvgIpc) is 2.36. The number of aliphatic hydroxyl groups is 1. The Bertz CT molecular complexity index is 409. The monoisotopic (exact) mass is 343 g/mol. The highest BCUT2D eigenvalue weighted by molar-refractivity contribution is 6.74. The Morgan fingerprint density at radius 1 is 1.22 bits per heavy atom. The van der Waals surface area contributed by atoms with Crippen LogP contribution in [0.5, 0.6) is 0 Å². The van der Waals surface area contributed by atoms with Crippen LogP contribution >= 0.6 is 0 Å². The third kappa shape index (κ3) is 7.64. The molecule has 0 radical (unpaired) electrons. The van der Waals surface area contributed by atoms with Crippen molar-refractivity contribution in [1.82, 2.24) is 4.90 Å². The number of amides is 1. The van der Waals surface area contributed by atoms with E-state index in [0.717, 1.165) is 0 Å². The molecule has 0 rings (SSSR count). The van der Waals surface area contributed by atoms with Gasteiger partial charge < -0.3 is 14.4 Å². The molecule has 0 aromatic rings. The average molecular weight is 344 g/mol. The molecule has 0 heterocycles. The van der Waals surface area contributed by atoms with Crippen LogP contribution in [0.2, 0.25) is 18.1 Å². The van der Waals surface area contributed by atoms with E-state index in [1.165, 1.54) is 0 Å². The summed E-state index contributed by atoms with van der Waals surface area (Å²) < 4.78 is 6.13. The van der Waals surface area contributed by atoms with E-state index in [9.17, 15) is 9.90 Å². The molecule has 0 bridgehead atoms. The highest BCUT2D eigenvalue weighted by atomic mass is 28.4. The van der Waals surface area contributed by atoms with Crippen molar-refractivity contribution in [3.63, 3.8) is 0 Å². The molecule has 0 aromatic heterocycles. The van der Waals surface area contributed by atoms with Crippen LogP contribution in [0.4, 0.5) is 0 Å². The summed E-state index contributed by atoms with van der Waals surface area (Å²) in [6.07, 6.45) is 4.26. The zero-order valence-corrected chi connectivity index (χ0v) is 17.6. The minimum absolute atomic E-state index is 0.0628. The number of aliphatic hydroxyl groups excluding tert-OH is 1. The van der Waals surface area contributed by atoms with Gasteiger partial charge in [-0.15, -0.1) is 0 Å². The third-order valence-corrected chi connectivity index (χ3v) is 9.40. The first-order valence-electron chi connectivity index (χ1n) is 8.40. The normalized spacial score (nSPS) is 15.0. The van der Waals surface area contributed by atoms with E-state index in [4.69, 9.17) is 4.43 Å². The van der Waals surface area contributed by atoms with Crippen molar-refractivity contribution in [3.8, 4) is 0 Å². The van der Waals surface area contributed by atoms with Crippen molar-refractivity contribution in [2.75, 3.05) is 20.7 Å². The fourth-order valence-corrected chi connectivity index (χ4v) is 2.83. The molecule has 0 aliphatic rings. The maximum Gasteiger partial charge on any atom is 0.225 e. The number of rotatable bonds is 8. The van der Waals surface area contributed by atoms with E-state index in [2.05, 4.69) is 33.9 Å². The molecule has 1 atom stereocenters. The molecule has 0 fully saturated rings. The van der Waals surface area contributed by atoms with Crippen LogP contribution in [0.15, 0.2) is 12.2 Å². The van der Waals surface area contributed by atoms with Gasteiger partial charge in [0, 0.05) is 32.5 Å². The second-order valence-electron chi connectivity index (χ2n) is 8.63. The predicted molar refractivity (Wildman–Crippen MR) is 100 cm³/mol. The number of carbonyl (C=O) groups excluding carboxylic acids is 1. The Hall–Kier alpha value is -0.653. The highest BCUT2D eigenvalue weighted by Crippen LogP contribution is 2.37. The molecule has 0 spiro atoms. The summed E-state index contributed by atoms with van der Waals surface area (Å²) in [5.41, 5.74) is -0.372. The molecule has 23 heavy (non-hydrogen) atoms. The van der Waals surface area contributed by atoms with Crippen molar-refractivity contribution < 1.29 is 14.3 Å². The van der Waals surface area contributed by atoms with Gasteiger partial charge in [0.2, 0.25) is 5.91 Å². The van der Waals surface area contributed by atoms with Crippen LogP contribution in [0, 0.1) is 5.41 Å². The van der Waals surface area contributed by atoms with E-state index < -0.39 is 14.4 Å². The quantitative estimate of drug-likeness (QED) is 0.538. The van der Waals surface area contributed by atoms with Crippen LogP contribution in [0.3, 0.4) is 0 Å². The summed E-state index contributed by atoms with van der Waals surface area (Å²) >= 11 is 0. The van der Waals surface area contributed by atoms with Crippen molar-refractivity contribution in [2.45, 2.75) is 71.7 Å². The van der Waals surface area contributed by atoms with Gasteiger partial charge in [0.1, 0.15) is 0 Å². The third-order valence-electron chi connectivity index (χ3n) is 4.86. The lowest BCUT2D eigenvalue weighted by atomic mass is 9.84. The van der Waals surface area contributed by atoms with Gasteiger partial charge in [0.05, 0.1) is 6.10 Å². The lowest BCUT2D eigenvalue weighted by Crippen LogP contribution is -2.42. The maximum atomic E-state index is 11.6. The molecule has 0 aliphatic carbocycles. The van der Waals surface area contributed by atoms with Gasteiger partial charge >= 0.3 is 0 Å². The Balaban J connectivity index is 4.46. The Morgan fingerprint density at radius 3 is 2.17 bits per heavy atom. The van der Waals surface area contributed by atoms with Gasteiger partial charge in [-0.25, -0.2) is 0 Å². The molecule has 0 saturated carbocycles. The molecule has 5 heteroatoms. The first kappa shape index (κ1) is 22.3. The second kappa shape index (κ2) is 8.45. The number of carbonyl (C=O) groups is 1. The smallest absolute Gasteiger partial charge is 0.225 e. The molecule has 0 aliphatic heterocycles. The van der Waals surface area contributed by atoms with Crippen LogP contribution < -0.4 is 0 Å². The predicted octanol–water partition coefficient (Wildman–Crippen LogP) is 3.82. The van der Waals surface area contributed by atoms with Gasteiger partial charge in [-0.05, 0) is 24.6 Å². The van der Waals surface area contributed by atoms with E-state index in [1.54, 1.807) is 19.0 Å². The lowest BCUT2D eigenvalue weighted by molar-refractivity contribution is -0.127. The highest BCUT2D eigenvalue weighted by Gasteiger charge is 2.37. The topological polar surface area (TPSA) is 49.8 Å². The fraction of sp³-hybridized carbons (Fsp3) is 0.833. The largest absolute Gasteiger partial charge is 0.417 e. The van der Waals surface area contributed by atoms with E-state index in [0.29, 0.717) is 19.4 Å². The first-order valence-corrected chi connectivity index (χ1v) is 11.3. The molecular formula is C18H37NO3Si.